The Hall–Kier alpha value is -4.25. The highest BCUT2D eigenvalue weighted by molar-refractivity contribution is 6.03. The Morgan fingerprint density at radius 1 is 0.839 bits per heavy atom. The molecule has 0 spiro atoms. The Labute approximate surface area is 179 Å². The van der Waals surface area contributed by atoms with Crippen molar-refractivity contribution in [2.24, 2.45) is 5.10 Å². The van der Waals surface area contributed by atoms with E-state index in [1.54, 1.807) is 6.07 Å². The average Bonchev–Trinajstić information content (AvgIpc) is 3.32. The van der Waals surface area contributed by atoms with Gasteiger partial charge >= 0.3 is 0 Å². The van der Waals surface area contributed by atoms with Gasteiger partial charge in [-0.25, -0.2) is 5.43 Å². The van der Waals surface area contributed by atoms with E-state index in [1.807, 2.05) is 49.4 Å². The van der Waals surface area contributed by atoms with Gasteiger partial charge in [0.1, 0.15) is 5.69 Å². The summed E-state index contributed by atoms with van der Waals surface area (Å²) in [4.78, 5) is 12.6. The first kappa shape index (κ1) is 18.8. The van der Waals surface area contributed by atoms with Gasteiger partial charge in [0, 0.05) is 5.56 Å². The van der Waals surface area contributed by atoms with E-state index in [-0.39, 0.29) is 5.91 Å². The maximum Gasteiger partial charge on any atom is 0.289 e. The lowest BCUT2D eigenvalue weighted by Gasteiger charge is -2.04. The van der Waals surface area contributed by atoms with Gasteiger partial charge in [0.25, 0.3) is 5.91 Å². The summed E-state index contributed by atoms with van der Waals surface area (Å²) in [5, 5.41) is 16.0. The van der Waals surface area contributed by atoms with E-state index in [0.717, 1.165) is 38.7 Å². The van der Waals surface area contributed by atoms with Crippen LogP contribution in [-0.2, 0) is 0 Å². The number of amides is 1. The molecule has 0 radical (unpaired) electrons. The van der Waals surface area contributed by atoms with Crippen molar-refractivity contribution in [1.82, 2.24) is 15.6 Å². The molecule has 31 heavy (non-hydrogen) atoms. The minimum absolute atomic E-state index is 0.334. The number of hydrazone groups is 1. The molecule has 4 aromatic carbocycles. The van der Waals surface area contributed by atoms with E-state index < -0.39 is 0 Å². The van der Waals surface area contributed by atoms with Crippen LogP contribution in [0, 0.1) is 0 Å². The summed E-state index contributed by atoms with van der Waals surface area (Å²) in [7, 11) is 0. The average molecular weight is 404 g/mol. The van der Waals surface area contributed by atoms with Crippen LogP contribution in [0.1, 0.15) is 23.0 Å². The molecule has 5 rings (SSSR count). The first-order valence-electron chi connectivity index (χ1n) is 10.1. The molecule has 0 saturated heterocycles. The molecule has 0 aliphatic rings. The lowest BCUT2D eigenvalue weighted by molar-refractivity contribution is 0.0950. The van der Waals surface area contributed by atoms with Gasteiger partial charge in [-0.1, -0.05) is 78.9 Å². The number of benzene rings is 4. The van der Waals surface area contributed by atoms with Crippen LogP contribution in [0.25, 0.3) is 32.8 Å². The number of hydrogen-bond acceptors (Lipinski definition) is 3. The summed E-state index contributed by atoms with van der Waals surface area (Å²) in [6.07, 6.45) is 0. The fraction of sp³-hybridized carbons (Fsp3) is 0.0385. The fourth-order valence-electron chi connectivity index (χ4n) is 3.70. The number of H-pyrrole nitrogens is 1. The van der Waals surface area contributed by atoms with Crippen LogP contribution in [-0.4, -0.2) is 21.8 Å². The third-order valence-electron chi connectivity index (χ3n) is 5.38. The lowest BCUT2D eigenvalue weighted by Crippen LogP contribution is -2.19. The number of aromatic amines is 1. The molecule has 5 nitrogen and oxygen atoms in total. The zero-order valence-electron chi connectivity index (χ0n) is 17.0. The van der Waals surface area contributed by atoms with Gasteiger partial charge in [0.15, 0.2) is 0 Å². The number of nitrogens with one attached hydrogen (secondary N) is 2. The Morgan fingerprint density at radius 2 is 1.58 bits per heavy atom. The van der Waals surface area contributed by atoms with Crippen LogP contribution < -0.4 is 5.43 Å². The molecule has 5 aromatic rings. The first-order valence-corrected chi connectivity index (χ1v) is 10.1. The molecule has 1 aromatic heterocycles. The van der Waals surface area contributed by atoms with Crippen LogP contribution in [0.5, 0.6) is 0 Å². The highest BCUT2D eigenvalue weighted by Gasteiger charge is 2.12. The molecule has 5 heteroatoms. The fourth-order valence-corrected chi connectivity index (χ4v) is 3.70. The minimum Gasteiger partial charge on any atom is -0.272 e. The maximum absolute atomic E-state index is 12.6. The second kappa shape index (κ2) is 7.88. The number of hydrogen-bond donors (Lipinski definition) is 2. The van der Waals surface area contributed by atoms with Crippen molar-refractivity contribution < 1.29 is 4.79 Å². The molecule has 0 bridgehead atoms. The smallest absolute Gasteiger partial charge is 0.272 e. The molecule has 0 unspecified atom stereocenters. The minimum atomic E-state index is -0.334. The summed E-state index contributed by atoms with van der Waals surface area (Å²) in [6.45, 7) is 1.87. The van der Waals surface area contributed by atoms with Crippen molar-refractivity contribution in [2.75, 3.05) is 0 Å². The number of carbonyl (C=O) groups excluding carboxylic acids is 1. The van der Waals surface area contributed by atoms with Crippen molar-refractivity contribution in [3.05, 3.63) is 102 Å². The molecular weight excluding hydrogens is 384 g/mol. The lowest BCUT2D eigenvalue weighted by atomic mass is 10.0. The predicted octanol–water partition coefficient (Wildman–Crippen LogP) is 5.54. The predicted molar refractivity (Wildman–Crippen MR) is 125 cm³/mol. The molecule has 150 valence electrons. The van der Waals surface area contributed by atoms with Crippen LogP contribution in [0.2, 0.25) is 0 Å². The van der Waals surface area contributed by atoms with Gasteiger partial charge in [-0.2, -0.15) is 10.2 Å². The van der Waals surface area contributed by atoms with Gasteiger partial charge < -0.3 is 0 Å². The molecule has 1 heterocycles. The van der Waals surface area contributed by atoms with Crippen LogP contribution in [0.3, 0.4) is 0 Å². The van der Waals surface area contributed by atoms with E-state index >= 15 is 0 Å². The van der Waals surface area contributed by atoms with E-state index in [1.165, 1.54) is 5.39 Å². The Kier molecular flexibility index (Phi) is 4.77. The SMILES string of the molecule is CC(=NNC(=O)c1cc(-c2cccc3ccccc23)n[nH]1)c1ccc2ccccc2c1. The first-order chi connectivity index (χ1) is 15.2. The van der Waals surface area contributed by atoms with Crippen molar-refractivity contribution in [1.29, 1.82) is 0 Å². The second-order valence-electron chi connectivity index (χ2n) is 7.39. The summed E-state index contributed by atoms with van der Waals surface area (Å²) in [6, 6.07) is 30.2. The number of nitrogens with zero attached hydrogens (tertiary/aromatic N) is 2. The summed E-state index contributed by atoms with van der Waals surface area (Å²) in [5.41, 5.74) is 6.37. The summed E-state index contributed by atoms with van der Waals surface area (Å²) < 4.78 is 0. The molecule has 0 fully saturated rings. The molecule has 0 aliphatic carbocycles. The number of carbonyl (C=O) groups is 1. The van der Waals surface area contributed by atoms with E-state index in [2.05, 4.69) is 63.2 Å². The van der Waals surface area contributed by atoms with Crippen molar-refractivity contribution in [2.45, 2.75) is 6.92 Å². The topological polar surface area (TPSA) is 70.1 Å². The van der Waals surface area contributed by atoms with Crippen molar-refractivity contribution in [3.8, 4) is 11.3 Å². The largest absolute Gasteiger partial charge is 0.289 e. The van der Waals surface area contributed by atoms with E-state index in [0.29, 0.717) is 5.69 Å². The van der Waals surface area contributed by atoms with Gasteiger partial charge in [0.2, 0.25) is 0 Å². The highest BCUT2D eigenvalue weighted by Crippen LogP contribution is 2.27. The maximum atomic E-state index is 12.6. The highest BCUT2D eigenvalue weighted by atomic mass is 16.2. The molecule has 1 amide bonds. The number of rotatable bonds is 4. The molecular formula is C26H20N4O. The zero-order chi connectivity index (χ0) is 21.2. The third kappa shape index (κ3) is 3.69. The Balaban J connectivity index is 1.36. The van der Waals surface area contributed by atoms with Crippen molar-refractivity contribution >= 4 is 33.2 Å². The normalized spacial score (nSPS) is 11.7. The molecule has 0 saturated carbocycles. The Bertz CT molecular complexity index is 1440. The Morgan fingerprint density at radius 3 is 2.45 bits per heavy atom. The van der Waals surface area contributed by atoms with Gasteiger partial charge in [-0.15, -0.1) is 0 Å². The van der Waals surface area contributed by atoms with E-state index in [9.17, 15) is 4.79 Å². The third-order valence-corrected chi connectivity index (χ3v) is 5.38. The summed E-state index contributed by atoms with van der Waals surface area (Å²) >= 11 is 0. The monoisotopic (exact) mass is 404 g/mol. The second-order valence-corrected chi connectivity index (χ2v) is 7.39. The number of fused-ring (bicyclic) bond motifs is 2. The van der Waals surface area contributed by atoms with Crippen LogP contribution in [0.15, 0.2) is 96.1 Å². The van der Waals surface area contributed by atoms with Gasteiger partial charge in [-0.3, -0.25) is 9.89 Å². The zero-order valence-corrected chi connectivity index (χ0v) is 17.0. The van der Waals surface area contributed by atoms with Crippen LogP contribution >= 0.6 is 0 Å². The van der Waals surface area contributed by atoms with Gasteiger partial charge in [0.05, 0.1) is 11.4 Å². The van der Waals surface area contributed by atoms with E-state index in [4.69, 9.17) is 0 Å². The van der Waals surface area contributed by atoms with Crippen molar-refractivity contribution in [3.63, 3.8) is 0 Å². The standard InChI is InChI=1S/C26H20N4O/c1-17(20-14-13-18-7-2-3-9-21(18)15-20)27-30-26(31)25-16-24(28-29-25)23-12-6-10-19-8-4-5-11-22(19)23/h2-16H,1H3,(H,28,29)(H,30,31). The van der Waals surface area contributed by atoms with Gasteiger partial charge in [-0.05, 0) is 46.2 Å². The summed E-state index contributed by atoms with van der Waals surface area (Å²) in [5.74, 6) is -0.334. The molecule has 0 aliphatic heterocycles. The molecule has 2 N–H and O–H groups in total. The molecule has 0 atom stereocenters. The van der Waals surface area contributed by atoms with Crippen LogP contribution in [0.4, 0.5) is 0 Å². The number of aromatic nitrogens is 2. The quantitative estimate of drug-likeness (QED) is 0.305.